The minimum absolute atomic E-state index is 0.744. The molecule has 2 heteroatoms. The molecule has 0 saturated heterocycles. The lowest BCUT2D eigenvalue weighted by atomic mass is 10.6. The van der Waals surface area contributed by atoms with Crippen molar-refractivity contribution in [3.63, 3.8) is 0 Å². The van der Waals surface area contributed by atoms with Gasteiger partial charge in [0.2, 0.25) is 0 Å². The lowest BCUT2D eigenvalue weighted by molar-refractivity contribution is 0.725. The van der Waals surface area contributed by atoms with Crippen LogP contribution in [0.2, 0.25) is 0 Å². The summed E-state index contributed by atoms with van der Waals surface area (Å²) < 4.78 is 0. The molecule has 0 fully saturated rings. The molecule has 128 valence electrons. The van der Waals surface area contributed by atoms with Gasteiger partial charge in [0, 0.05) is 13.1 Å². The molecule has 0 radical (unpaired) electrons. The Labute approximate surface area is 128 Å². The SMILES string of the molecule is CC.CC.CC.CC.CC.CCC.CCNCCN. The molecule has 3 N–H and O–H groups in total. The highest BCUT2D eigenvalue weighted by Crippen LogP contribution is 1.56. The van der Waals surface area contributed by atoms with Crippen LogP contribution in [-0.4, -0.2) is 19.6 Å². The van der Waals surface area contributed by atoms with E-state index in [0.29, 0.717) is 0 Å². The van der Waals surface area contributed by atoms with Gasteiger partial charge in [-0.25, -0.2) is 0 Å². The van der Waals surface area contributed by atoms with Gasteiger partial charge >= 0.3 is 0 Å². The zero-order valence-electron chi connectivity index (χ0n) is 16.9. The fourth-order valence-corrected chi connectivity index (χ4v) is 0.279. The Balaban J connectivity index is -0.0000000193. The summed E-state index contributed by atoms with van der Waals surface area (Å²) in [6, 6.07) is 0. The van der Waals surface area contributed by atoms with Gasteiger partial charge in [0.25, 0.3) is 0 Å². The molecule has 0 heterocycles. The summed E-state index contributed by atoms with van der Waals surface area (Å²) in [6.07, 6.45) is 1.25. The third-order valence-electron chi connectivity index (χ3n) is 0.571. The van der Waals surface area contributed by atoms with Crippen molar-refractivity contribution in [1.82, 2.24) is 5.32 Å². The Morgan fingerprint density at radius 1 is 0.632 bits per heavy atom. The lowest BCUT2D eigenvalue weighted by Gasteiger charge is -1.92. The summed E-state index contributed by atoms with van der Waals surface area (Å²) in [7, 11) is 0. The zero-order valence-corrected chi connectivity index (χ0v) is 16.9. The molecule has 0 rings (SSSR count). The van der Waals surface area contributed by atoms with Gasteiger partial charge in [-0.3, -0.25) is 0 Å². The monoisotopic (exact) mass is 282 g/mol. The number of hydrogen-bond donors (Lipinski definition) is 2. The molecule has 19 heavy (non-hydrogen) atoms. The van der Waals surface area contributed by atoms with Gasteiger partial charge in [-0.2, -0.15) is 0 Å². The average molecular weight is 283 g/mol. The lowest BCUT2D eigenvalue weighted by Crippen LogP contribution is -2.21. The van der Waals surface area contributed by atoms with Crippen molar-refractivity contribution >= 4 is 0 Å². The normalized spacial score (nSPS) is 5.37. The first-order chi connectivity index (χ1) is 9.33. The molecule has 0 aliphatic rings. The maximum Gasteiger partial charge on any atom is 0.00743 e. The van der Waals surface area contributed by atoms with Crippen LogP contribution in [0.1, 0.15) is 96.4 Å². The third-order valence-corrected chi connectivity index (χ3v) is 0.571. The van der Waals surface area contributed by atoms with Crippen molar-refractivity contribution in [2.75, 3.05) is 19.6 Å². The van der Waals surface area contributed by atoms with E-state index in [4.69, 9.17) is 5.73 Å². The van der Waals surface area contributed by atoms with E-state index in [9.17, 15) is 0 Å². The maximum absolute atomic E-state index is 5.15. The van der Waals surface area contributed by atoms with Crippen LogP contribution in [0.3, 0.4) is 0 Å². The van der Waals surface area contributed by atoms with Crippen molar-refractivity contribution in [2.24, 2.45) is 5.73 Å². The largest absolute Gasteiger partial charge is 0.329 e. The summed E-state index contributed by atoms with van der Waals surface area (Å²) in [6.45, 7) is 29.0. The Morgan fingerprint density at radius 3 is 0.895 bits per heavy atom. The molecule has 0 aliphatic heterocycles. The van der Waals surface area contributed by atoms with Crippen LogP contribution in [0.4, 0.5) is 0 Å². The molecule has 2 nitrogen and oxygen atoms in total. The Bertz CT molecular complexity index is 28.4. The van der Waals surface area contributed by atoms with E-state index in [0.717, 1.165) is 19.6 Å². The van der Waals surface area contributed by atoms with Crippen molar-refractivity contribution in [3.8, 4) is 0 Å². The predicted octanol–water partition coefficient (Wildman–Crippen LogP) is 6.10. The van der Waals surface area contributed by atoms with Crippen molar-refractivity contribution in [2.45, 2.75) is 96.4 Å². The maximum atomic E-state index is 5.15. The molecule has 0 saturated carbocycles. The topological polar surface area (TPSA) is 38.0 Å². The minimum Gasteiger partial charge on any atom is -0.329 e. The van der Waals surface area contributed by atoms with Crippen LogP contribution >= 0.6 is 0 Å². The Morgan fingerprint density at radius 2 is 0.842 bits per heavy atom. The minimum atomic E-state index is 0.744. The third kappa shape index (κ3) is 533. The van der Waals surface area contributed by atoms with Crippen molar-refractivity contribution < 1.29 is 0 Å². The quantitative estimate of drug-likeness (QED) is 0.614. The molecule has 0 aromatic carbocycles. The molecule has 0 aliphatic carbocycles. The van der Waals surface area contributed by atoms with E-state index < -0.39 is 0 Å². The van der Waals surface area contributed by atoms with Crippen LogP contribution in [0, 0.1) is 0 Å². The Kier molecular flexibility index (Phi) is 477. The second-order valence-corrected chi connectivity index (χ2v) is 1.85. The van der Waals surface area contributed by atoms with Crippen LogP contribution in [0.25, 0.3) is 0 Å². The van der Waals surface area contributed by atoms with Crippen LogP contribution in [-0.2, 0) is 0 Å². The summed E-state index contributed by atoms with van der Waals surface area (Å²) >= 11 is 0. The first-order valence-corrected chi connectivity index (χ1v) is 8.74. The van der Waals surface area contributed by atoms with E-state index in [1.54, 1.807) is 0 Å². The smallest absolute Gasteiger partial charge is 0.00743 e. The zero-order chi connectivity index (χ0) is 17.5. The number of nitrogens with two attached hydrogens (primary N) is 1. The first kappa shape index (κ1) is 42.8. The van der Waals surface area contributed by atoms with E-state index in [-0.39, 0.29) is 0 Å². The molecule has 0 aromatic heterocycles. The van der Waals surface area contributed by atoms with Gasteiger partial charge in [0.15, 0.2) is 0 Å². The molecular formula is C17H50N2. The van der Waals surface area contributed by atoms with Gasteiger partial charge in [0.1, 0.15) is 0 Å². The highest BCUT2D eigenvalue weighted by Gasteiger charge is 1.71. The van der Waals surface area contributed by atoms with Crippen molar-refractivity contribution in [3.05, 3.63) is 0 Å². The van der Waals surface area contributed by atoms with Crippen LogP contribution in [0.5, 0.6) is 0 Å². The average Bonchev–Trinajstić information content (AvgIpc) is 2.56. The highest BCUT2D eigenvalue weighted by molar-refractivity contribution is 4.39. The standard InChI is InChI=1S/C4H12N2.C3H8.5C2H6/c1-2-6-4-3-5;1-3-2;5*1-2/h6H,2-5H2,1H3;3H2,1-2H3;5*1-2H3. The Hall–Kier alpha value is -0.0800. The van der Waals surface area contributed by atoms with Gasteiger partial charge < -0.3 is 11.1 Å². The fourth-order valence-electron chi connectivity index (χ4n) is 0.279. The molecule has 0 bridgehead atoms. The summed E-state index contributed by atoms with van der Waals surface area (Å²) in [4.78, 5) is 0. The van der Waals surface area contributed by atoms with E-state index in [1.807, 2.05) is 69.2 Å². The molecule has 0 unspecified atom stereocenters. The van der Waals surface area contributed by atoms with Crippen LogP contribution < -0.4 is 11.1 Å². The van der Waals surface area contributed by atoms with E-state index >= 15 is 0 Å². The summed E-state index contributed by atoms with van der Waals surface area (Å²) in [5.74, 6) is 0. The molecule has 0 spiro atoms. The first-order valence-electron chi connectivity index (χ1n) is 8.74. The number of nitrogens with one attached hydrogen (secondary N) is 1. The van der Waals surface area contributed by atoms with Crippen LogP contribution in [0.15, 0.2) is 0 Å². The summed E-state index contributed by atoms with van der Waals surface area (Å²) in [5, 5.41) is 3.07. The fraction of sp³-hybridized carbons (Fsp3) is 1.00. The second-order valence-electron chi connectivity index (χ2n) is 1.85. The van der Waals surface area contributed by atoms with E-state index in [1.165, 1.54) is 6.42 Å². The van der Waals surface area contributed by atoms with E-state index in [2.05, 4.69) is 26.1 Å². The summed E-state index contributed by atoms with van der Waals surface area (Å²) in [5.41, 5.74) is 5.15. The highest BCUT2D eigenvalue weighted by atomic mass is 14.9. The molecule has 0 aromatic rings. The molecule has 0 amide bonds. The second kappa shape index (κ2) is 212. The number of likely N-dealkylation sites (N-methyl/N-ethyl adjacent to an activating group) is 1. The van der Waals surface area contributed by atoms with Gasteiger partial charge in [-0.15, -0.1) is 0 Å². The van der Waals surface area contributed by atoms with Gasteiger partial charge in [-0.1, -0.05) is 96.4 Å². The van der Waals surface area contributed by atoms with Gasteiger partial charge in [0.05, 0.1) is 0 Å². The molecular weight excluding hydrogens is 232 g/mol. The predicted molar refractivity (Wildman–Crippen MR) is 100 cm³/mol. The van der Waals surface area contributed by atoms with Crippen molar-refractivity contribution in [1.29, 1.82) is 0 Å². The number of rotatable bonds is 3. The number of hydrogen-bond acceptors (Lipinski definition) is 2. The molecule has 0 atom stereocenters. The van der Waals surface area contributed by atoms with Gasteiger partial charge in [-0.05, 0) is 6.54 Å².